The maximum absolute atomic E-state index is 12.4. The summed E-state index contributed by atoms with van der Waals surface area (Å²) in [5, 5.41) is 2.76. The second kappa shape index (κ2) is 6.89. The number of piperidine rings is 1. The van der Waals surface area contributed by atoms with Crippen molar-refractivity contribution in [2.75, 3.05) is 13.1 Å². The Kier molecular flexibility index (Phi) is 5.02. The number of amides is 1. The number of thiocarbonyl (C=S) groups is 1. The maximum Gasteiger partial charge on any atom is 0.265 e. The molecule has 2 saturated heterocycles. The van der Waals surface area contributed by atoms with Crippen LogP contribution in [0.2, 0.25) is 0 Å². The summed E-state index contributed by atoms with van der Waals surface area (Å²) in [7, 11) is 0. The van der Waals surface area contributed by atoms with Crippen LogP contribution in [0.5, 0.6) is 0 Å². The van der Waals surface area contributed by atoms with Crippen molar-refractivity contribution in [1.82, 2.24) is 10.2 Å². The number of likely N-dealkylation sites (tertiary alicyclic amines) is 1. The van der Waals surface area contributed by atoms with E-state index >= 15 is 0 Å². The van der Waals surface area contributed by atoms with Gasteiger partial charge in [-0.1, -0.05) is 69.0 Å². The Hall–Kier alpha value is -1.33. The number of thioether (sulfide) groups is 1. The molecule has 0 aliphatic carbocycles. The van der Waals surface area contributed by atoms with Gasteiger partial charge in [-0.25, -0.2) is 0 Å². The maximum atomic E-state index is 12.4. The summed E-state index contributed by atoms with van der Waals surface area (Å²) >= 11 is 6.58. The van der Waals surface area contributed by atoms with E-state index in [-0.39, 0.29) is 11.3 Å². The van der Waals surface area contributed by atoms with Crippen molar-refractivity contribution < 1.29 is 4.79 Å². The van der Waals surface area contributed by atoms with Gasteiger partial charge in [0.1, 0.15) is 9.23 Å². The summed E-state index contributed by atoms with van der Waals surface area (Å²) < 4.78 is 0.552. The summed E-state index contributed by atoms with van der Waals surface area (Å²) in [5.41, 5.74) is 3.57. The lowest BCUT2D eigenvalue weighted by Crippen LogP contribution is -2.30. The molecule has 2 aliphatic heterocycles. The summed E-state index contributed by atoms with van der Waals surface area (Å²) in [6, 6.07) is 8.64. The van der Waals surface area contributed by atoms with E-state index in [1.54, 1.807) is 0 Å². The van der Waals surface area contributed by atoms with E-state index in [0.717, 1.165) is 29.3 Å². The lowest BCUT2D eigenvalue weighted by molar-refractivity contribution is -0.115. The van der Waals surface area contributed by atoms with Crippen LogP contribution in [-0.2, 0) is 10.2 Å². The highest BCUT2D eigenvalue weighted by atomic mass is 32.2. The van der Waals surface area contributed by atoms with Crippen molar-refractivity contribution in [3.05, 3.63) is 40.3 Å². The van der Waals surface area contributed by atoms with Gasteiger partial charge in [0, 0.05) is 13.1 Å². The van der Waals surface area contributed by atoms with E-state index < -0.39 is 0 Å². The van der Waals surface area contributed by atoms with Gasteiger partial charge < -0.3 is 10.2 Å². The predicted molar refractivity (Wildman–Crippen MR) is 106 cm³/mol. The highest BCUT2D eigenvalue weighted by Crippen LogP contribution is 2.36. The third kappa shape index (κ3) is 3.67. The van der Waals surface area contributed by atoms with Gasteiger partial charge >= 0.3 is 0 Å². The zero-order chi connectivity index (χ0) is 17.3. The molecule has 0 unspecified atom stereocenters. The van der Waals surface area contributed by atoms with Gasteiger partial charge in [0.05, 0.1) is 5.70 Å². The fraction of sp³-hybridized carbons (Fsp3) is 0.474. The number of carbonyl (C=O) groups is 1. The van der Waals surface area contributed by atoms with E-state index in [9.17, 15) is 4.79 Å². The summed E-state index contributed by atoms with van der Waals surface area (Å²) in [5.74, 6) is -0.0644. The van der Waals surface area contributed by atoms with Gasteiger partial charge in [0.2, 0.25) is 0 Å². The first-order valence-corrected chi connectivity index (χ1v) is 9.72. The SMILES string of the molecule is CC(C)(C)c1ccc(/C(=C2\SC(=S)NC2=O)N2CCCCC2)cc1. The van der Waals surface area contributed by atoms with Crippen LogP contribution in [0, 0.1) is 0 Å². The molecule has 24 heavy (non-hydrogen) atoms. The Bertz CT molecular complexity index is 680. The van der Waals surface area contributed by atoms with Gasteiger partial charge in [-0.05, 0) is 35.8 Å². The van der Waals surface area contributed by atoms with Crippen molar-refractivity contribution in [1.29, 1.82) is 0 Å². The molecule has 2 fully saturated rings. The van der Waals surface area contributed by atoms with Crippen molar-refractivity contribution in [2.24, 2.45) is 0 Å². The molecule has 0 atom stereocenters. The molecule has 3 rings (SSSR count). The standard InChI is InChI=1S/C19H24N2OS2/c1-19(2,3)14-9-7-13(8-10-14)15(21-11-5-4-6-12-21)16-17(22)20-18(23)24-16/h7-10H,4-6,11-12H2,1-3H3,(H,20,22,23)/b16-15+. The highest BCUT2D eigenvalue weighted by Gasteiger charge is 2.30. The van der Waals surface area contributed by atoms with Crippen LogP contribution in [0.15, 0.2) is 29.2 Å². The molecule has 0 bridgehead atoms. The molecule has 2 aliphatic rings. The molecule has 5 heteroatoms. The fourth-order valence-corrected chi connectivity index (χ4v) is 4.33. The molecule has 0 spiro atoms. The third-order valence-corrected chi connectivity index (χ3v) is 5.75. The highest BCUT2D eigenvalue weighted by molar-refractivity contribution is 8.26. The molecule has 0 saturated carbocycles. The lowest BCUT2D eigenvalue weighted by Gasteiger charge is -2.32. The minimum absolute atomic E-state index is 0.0644. The second-order valence-corrected chi connectivity index (χ2v) is 9.08. The molecule has 1 N–H and O–H groups in total. The normalized spacial score (nSPS) is 21.0. The number of hydrogen-bond acceptors (Lipinski definition) is 4. The van der Waals surface area contributed by atoms with Crippen LogP contribution in [0.4, 0.5) is 0 Å². The van der Waals surface area contributed by atoms with Crippen LogP contribution >= 0.6 is 24.0 Å². The molecule has 2 heterocycles. The number of rotatable bonds is 2. The zero-order valence-electron chi connectivity index (χ0n) is 14.5. The van der Waals surface area contributed by atoms with Gasteiger partial charge in [-0.3, -0.25) is 4.79 Å². The summed E-state index contributed by atoms with van der Waals surface area (Å²) in [4.78, 5) is 15.5. The summed E-state index contributed by atoms with van der Waals surface area (Å²) in [6.45, 7) is 8.64. The molecule has 0 aromatic heterocycles. The van der Waals surface area contributed by atoms with E-state index in [0.29, 0.717) is 4.32 Å². The number of hydrogen-bond donors (Lipinski definition) is 1. The first-order valence-electron chi connectivity index (χ1n) is 8.49. The third-order valence-electron chi connectivity index (χ3n) is 4.53. The Morgan fingerprint density at radius 2 is 1.75 bits per heavy atom. The zero-order valence-corrected chi connectivity index (χ0v) is 16.1. The topological polar surface area (TPSA) is 32.3 Å². The molecule has 3 nitrogen and oxygen atoms in total. The quantitative estimate of drug-likeness (QED) is 0.630. The van der Waals surface area contributed by atoms with Crippen LogP contribution in [0.25, 0.3) is 5.70 Å². The van der Waals surface area contributed by atoms with Gasteiger partial charge in [-0.2, -0.15) is 0 Å². The average Bonchev–Trinajstić information content (AvgIpc) is 2.87. The van der Waals surface area contributed by atoms with Crippen molar-refractivity contribution >= 4 is 39.9 Å². The second-order valence-electron chi connectivity index (χ2n) is 7.40. The Morgan fingerprint density at radius 3 is 2.25 bits per heavy atom. The minimum atomic E-state index is -0.0644. The number of benzene rings is 1. The first-order chi connectivity index (χ1) is 11.4. The van der Waals surface area contributed by atoms with Crippen LogP contribution in [0.1, 0.15) is 51.2 Å². The van der Waals surface area contributed by atoms with Crippen LogP contribution in [0.3, 0.4) is 0 Å². The van der Waals surface area contributed by atoms with Crippen molar-refractivity contribution in [3.63, 3.8) is 0 Å². The summed E-state index contributed by atoms with van der Waals surface area (Å²) in [6.07, 6.45) is 3.61. The molecule has 1 amide bonds. The minimum Gasteiger partial charge on any atom is -0.370 e. The smallest absolute Gasteiger partial charge is 0.265 e. The van der Waals surface area contributed by atoms with E-state index in [1.165, 1.54) is 36.6 Å². The molecule has 0 radical (unpaired) electrons. The molecule has 128 valence electrons. The van der Waals surface area contributed by atoms with E-state index in [1.807, 2.05) is 0 Å². The number of nitrogens with zero attached hydrogens (tertiary/aromatic N) is 1. The van der Waals surface area contributed by atoms with Crippen molar-refractivity contribution in [2.45, 2.75) is 45.4 Å². The monoisotopic (exact) mass is 360 g/mol. The predicted octanol–water partition coefficient (Wildman–Crippen LogP) is 4.29. The largest absolute Gasteiger partial charge is 0.370 e. The number of nitrogens with one attached hydrogen (secondary N) is 1. The Balaban J connectivity index is 2.03. The first kappa shape index (κ1) is 17.5. The van der Waals surface area contributed by atoms with E-state index in [4.69, 9.17) is 12.2 Å². The number of carbonyl (C=O) groups excluding carboxylic acids is 1. The Labute approximate surface area is 153 Å². The van der Waals surface area contributed by atoms with Gasteiger partial charge in [-0.15, -0.1) is 0 Å². The van der Waals surface area contributed by atoms with Crippen LogP contribution < -0.4 is 5.32 Å². The Morgan fingerprint density at radius 1 is 1.12 bits per heavy atom. The average molecular weight is 361 g/mol. The molecular formula is C19H24N2OS2. The molecule has 1 aromatic carbocycles. The van der Waals surface area contributed by atoms with Crippen LogP contribution in [-0.4, -0.2) is 28.2 Å². The van der Waals surface area contributed by atoms with Gasteiger partial charge in [0.15, 0.2) is 0 Å². The van der Waals surface area contributed by atoms with Crippen molar-refractivity contribution in [3.8, 4) is 0 Å². The fourth-order valence-electron chi connectivity index (χ4n) is 3.17. The molecular weight excluding hydrogens is 336 g/mol. The molecule has 1 aromatic rings. The lowest BCUT2D eigenvalue weighted by atomic mass is 9.86. The van der Waals surface area contributed by atoms with E-state index in [2.05, 4.69) is 55.3 Å². The van der Waals surface area contributed by atoms with Gasteiger partial charge in [0.25, 0.3) is 5.91 Å².